The van der Waals surface area contributed by atoms with Crippen LogP contribution in [-0.2, 0) is 11.3 Å². The quantitative estimate of drug-likeness (QED) is 0.782. The van der Waals surface area contributed by atoms with E-state index in [2.05, 4.69) is 20.8 Å². The minimum Gasteiger partial charge on any atom is -0.455 e. The number of tetrazole rings is 1. The first-order valence-corrected chi connectivity index (χ1v) is 7.05. The third kappa shape index (κ3) is 3.91. The predicted octanol–water partition coefficient (Wildman–Crippen LogP) is 2.41. The van der Waals surface area contributed by atoms with Gasteiger partial charge in [-0.3, -0.25) is 4.79 Å². The summed E-state index contributed by atoms with van der Waals surface area (Å²) in [6.07, 6.45) is 1.38. The summed E-state index contributed by atoms with van der Waals surface area (Å²) < 4.78 is 7.18. The zero-order valence-electron chi connectivity index (χ0n) is 12.5. The maximum Gasteiger partial charge on any atom is 0.246 e. The minimum absolute atomic E-state index is 0.0336. The number of para-hydroxylation sites is 2. The Morgan fingerprint density at radius 2 is 1.96 bits per heavy atom. The number of nitrogens with one attached hydrogen (secondary N) is 1. The molecule has 1 heterocycles. The summed E-state index contributed by atoms with van der Waals surface area (Å²) in [7, 11) is 0. The highest BCUT2D eigenvalue weighted by atomic mass is 16.5. The fourth-order valence-corrected chi connectivity index (χ4v) is 1.98. The summed E-state index contributed by atoms with van der Waals surface area (Å²) in [4.78, 5) is 12.0. The van der Waals surface area contributed by atoms with E-state index in [-0.39, 0.29) is 12.5 Å². The molecule has 23 heavy (non-hydrogen) atoms. The molecule has 3 aromatic rings. The van der Waals surface area contributed by atoms with Gasteiger partial charge in [0.15, 0.2) is 5.75 Å². The van der Waals surface area contributed by atoms with E-state index >= 15 is 0 Å². The number of rotatable bonds is 5. The molecule has 0 aliphatic heterocycles. The van der Waals surface area contributed by atoms with Crippen LogP contribution >= 0.6 is 0 Å². The van der Waals surface area contributed by atoms with E-state index < -0.39 is 0 Å². The van der Waals surface area contributed by atoms with Crippen LogP contribution in [0, 0.1) is 6.92 Å². The van der Waals surface area contributed by atoms with Crippen LogP contribution in [0.5, 0.6) is 11.5 Å². The standard InChI is InChI=1S/C16H15N5O2/c1-12-6-8-13(9-7-12)23-15-5-3-2-4-14(15)18-16(22)10-21-11-17-19-20-21/h2-9,11H,10H2,1H3,(H,18,22). The summed E-state index contributed by atoms with van der Waals surface area (Å²) in [6, 6.07) is 15.0. The highest BCUT2D eigenvalue weighted by Gasteiger charge is 2.09. The van der Waals surface area contributed by atoms with Crippen molar-refractivity contribution in [3.05, 3.63) is 60.4 Å². The van der Waals surface area contributed by atoms with Gasteiger partial charge in [-0.2, -0.15) is 0 Å². The molecule has 0 aliphatic rings. The lowest BCUT2D eigenvalue weighted by molar-refractivity contribution is -0.116. The molecule has 0 bridgehead atoms. The molecule has 7 nitrogen and oxygen atoms in total. The number of benzene rings is 2. The Bertz CT molecular complexity index is 784. The van der Waals surface area contributed by atoms with Gasteiger partial charge in [0.1, 0.15) is 18.6 Å². The molecule has 1 N–H and O–H groups in total. The molecule has 0 radical (unpaired) electrons. The normalized spacial score (nSPS) is 10.3. The third-order valence-corrected chi connectivity index (χ3v) is 3.11. The first-order valence-electron chi connectivity index (χ1n) is 7.05. The van der Waals surface area contributed by atoms with Gasteiger partial charge in [-0.15, -0.1) is 5.10 Å². The minimum atomic E-state index is -0.239. The molecule has 0 saturated heterocycles. The van der Waals surface area contributed by atoms with E-state index in [4.69, 9.17) is 4.74 Å². The highest BCUT2D eigenvalue weighted by Crippen LogP contribution is 2.29. The Hall–Kier alpha value is -3.22. The molecule has 0 fully saturated rings. The summed E-state index contributed by atoms with van der Waals surface area (Å²) >= 11 is 0. The largest absolute Gasteiger partial charge is 0.455 e. The van der Waals surface area contributed by atoms with Crippen LogP contribution in [0.4, 0.5) is 5.69 Å². The Morgan fingerprint density at radius 1 is 1.17 bits per heavy atom. The first-order chi connectivity index (χ1) is 11.2. The maximum absolute atomic E-state index is 12.0. The van der Waals surface area contributed by atoms with Gasteiger partial charge in [0, 0.05) is 0 Å². The lowest BCUT2D eigenvalue weighted by Gasteiger charge is -2.12. The van der Waals surface area contributed by atoms with Crippen LogP contribution in [0.15, 0.2) is 54.9 Å². The van der Waals surface area contributed by atoms with Gasteiger partial charge in [0.2, 0.25) is 5.91 Å². The van der Waals surface area contributed by atoms with Crippen LogP contribution in [0.3, 0.4) is 0 Å². The SMILES string of the molecule is Cc1ccc(Oc2ccccc2NC(=O)Cn2cnnn2)cc1. The number of carbonyl (C=O) groups excluding carboxylic acids is 1. The number of amides is 1. The average molecular weight is 309 g/mol. The van der Waals surface area contributed by atoms with Crippen LogP contribution in [0.1, 0.15) is 5.56 Å². The lowest BCUT2D eigenvalue weighted by Crippen LogP contribution is -2.19. The smallest absolute Gasteiger partial charge is 0.246 e. The second kappa shape index (κ2) is 6.69. The van der Waals surface area contributed by atoms with Gasteiger partial charge >= 0.3 is 0 Å². The van der Waals surface area contributed by atoms with Crippen molar-refractivity contribution in [2.45, 2.75) is 13.5 Å². The summed E-state index contributed by atoms with van der Waals surface area (Å²) in [5.74, 6) is 1.04. The zero-order chi connectivity index (χ0) is 16.1. The van der Waals surface area contributed by atoms with Crippen molar-refractivity contribution in [2.75, 3.05) is 5.32 Å². The van der Waals surface area contributed by atoms with E-state index in [1.54, 1.807) is 12.1 Å². The molecule has 0 unspecified atom stereocenters. The van der Waals surface area contributed by atoms with Gasteiger partial charge in [0.25, 0.3) is 0 Å². The summed E-state index contributed by atoms with van der Waals surface area (Å²) in [5.41, 5.74) is 1.74. The van der Waals surface area contributed by atoms with Crippen molar-refractivity contribution in [1.29, 1.82) is 0 Å². The molecule has 0 spiro atoms. The molecule has 7 heteroatoms. The Morgan fingerprint density at radius 3 is 2.70 bits per heavy atom. The van der Waals surface area contributed by atoms with E-state index in [1.807, 2.05) is 43.3 Å². The number of aromatic nitrogens is 4. The zero-order valence-corrected chi connectivity index (χ0v) is 12.5. The van der Waals surface area contributed by atoms with Crippen molar-refractivity contribution < 1.29 is 9.53 Å². The Labute approximate surface area is 132 Å². The molecular weight excluding hydrogens is 294 g/mol. The summed E-state index contributed by atoms with van der Waals surface area (Å²) in [5, 5.41) is 13.4. The van der Waals surface area contributed by atoms with Gasteiger partial charge in [-0.05, 0) is 41.6 Å². The lowest BCUT2D eigenvalue weighted by atomic mass is 10.2. The number of nitrogens with zero attached hydrogens (tertiary/aromatic N) is 4. The van der Waals surface area contributed by atoms with Gasteiger partial charge < -0.3 is 10.1 Å². The number of anilines is 1. The molecule has 0 saturated carbocycles. The molecular formula is C16H15N5O2. The second-order valence-corrected chi connectivity index (χ2v) is 4.97. The first kappa shape index (κ1) is 14.7. The monoisotopic (exact) mass is 309 g/mol. The molecule has 2 aromatic carbocycles. The molecule has 0 atom stereocenters. The van der Waals surface area contributed by atoms with Crippen molar-refractivity contribution in [2.24, 2.45) is 0 Å². The third-order valence-electron chi connectivity index (χ3n) is 3.11. The van der Waals surface area contributed by atoms with Crippen molar-refractivity contribution in [3.8, 4) is 11.5 Å². The molecule has 0 aliphatic carbocycles. The van der Waals surface area contributed by atoms with Crippen molar-refractivity contribution >= 4 is 11.6 Å². The van der Waals surface area contributed by atoms with E-state index in [0.29, 0.717) is 17.2 Å². The molecule has 3 rings (SSSR count). The fraction of sp³-hybridized carbons (Fsp3) is 0.125. The van der Waals surface area contributed by atoms with Crippen molar-refractivity contribution in [1.82, 2.24) is 20.2 Å². The average Bonchev–Trinajstić information content (AvgIpc) is 3.04. The highest BCUT2D eigenvalue weighted by molar-refractivity contribution is 5.92. The molecule has 1 amide bonds. The second-order valence-electron chi connectivity index (χ2n) is 4.97. The number of ether oxygens (including phenoxy) is 1. The van der Waals surface area contributed by atoms with Crippen LogP contribution in [0.25, 0.3) is 0 Å². The van der Waals surface area contributed by atoms with E-state index in [9.17, 15) is 4.79 Å². The Balaban J connectivity index is 1.72. The maximum atomic E-state index is 12.0. The molecule has 1 aromatic heterocycles. The fourth-order valence-electron chi connectivity index (χ4n) is 1.98. The number of aryl methyl sites for hydroxylation is 1. The van der Waals surface area contributed by atoms with Crippen LogP contribution in [0.2, 0.25) is 0 Å². The Kier molecular flexibility index (Phi) is 4.28. The topological polar surface area (TPSA) is 81.9 Å². The van der Waals surface area contributed by atoms with Gasteiger partial charge in [-0.25, -0.2) is 4.68 Å². The number of hydrogen-bond acceptors (Lipinski definition) is 5. The van der Waals surface area contributed by atoms with E-state index in [0.717, 1.165) is 5.56 Å². The number of hydrogen-bond donors (Lipinski definition) is 1. The van der Waals surface area contributed by atoms with Crippen molar-refractivity contribution in [3.63, 3.8) is 0 Å². The van der Waals surface area contributed by atoms with Crippen LogP contribution in [-0.4, -0.2) is 26.1 Å². The van der Waals surface area contributed by atoms with Gasteiger partial charge in [0.05, 0.1) is 5.69 Å². The summed E-state index contributed by atoms with van der Waals surface area (Å²) in [6.45, 7) is 2.04. The number of carbonyl (C=O) groups is 1. The molecule has 116 valence electrons. The van der Waals surface area contributed by atoms with E-state index in [1.165, 1.54) is 11.0 Å². The van der Waals surface area contributed by atoms with Gasteiger partial charge in [-0.1, -0.05) is 29.8 Å². The van der Waals surface area contributed by atoms with Crippen LogP contribution < -0.4 is 10.1 Å². The predicted molar refractivity (Wildman–Crippen MR) is 84.1 cm³/mol.